The minimum atomic E-state index is -1.22. The first-order valence-corrected chi connectivity index (χ1v) is 15.1. The number of rotatable bonds is 13. The van der Waals surface area contributed by atoms with E-state index in [4.69, 9.17) is 15.2 Å². The second kappa shape index (κ2) is 16.1. The van der Waals surface area contributed by atoms with Gasteiger partial charge in [-0.25, -0.2) is 9.59 Å². The van der Waals surface area contributed by atoms with Crippen molar-refractivity contribution in [3.63, 3.8) is 0 Å². The van der Waals surface area contributed by atoms with Crippen LogP contribution in [0.1, 0.15) is 84.0 Å². The zero-order valence-electron chi connectivity index (χ0n) is 27.6. The number of primary amides is 1. The molecule has 2 rings (SSSR count). The van der Waals surface area contributed by atoms with Crippen LogP contribution in [0.15, 0.2) is 54.6 Å². The van der Waals surface area contributed by atoms with Crippen LogP contribution in [0.25, 0.3) is 0 Å². The highest BCUT2D eigenvalue weighted by Gasteiger charge is 2.37. The lowest BCUT2D eigenvalue weighted by Crippen LogP contribution is -2.55. The van der Waals surface area contributed by atoms with E-state index in [-0.39, 0.29) is 25.8 Å². The number of nitrogens with zero attached hydrogens (tertiary/aromatic N) is 1. The van der Waals surface area contributed by atoms with Crippen molar-refractivity contribution in [2.24, 2.45) is 5.73 Å². The van der Waals surface area contributed by atoms with Crippen LogP contribution in [0.4, 0.5) is 4.79 Å². The molecular formula is C34H48N4O7. The first-order chi connectivity index (χ1) is 20.9. The predicted molar refractivity (Wildman–Crippen MR) is 171 cm³/mol. The Morgan fingerprint density at radius 3 is 1.91 bits per heavy atom. The van der Waals surface area contributed by atoms with Gasteiger partial charge in [0.2, 0.25) is 17.7 Å². The molecule has 11 nitrogen and oxygen atoms in total. The molecule has 0 radical (unpaired) electrons. The van der Waals surface area contributed by atoms with Gasteiger partial charge in [-0.3, -0.25) is 14.4 Å². The quantitative estimate of drug-likeness (QED) is 0.283. The van der Waals surface area contributed by atoms with E-state index in [2.05, 4.69) is 10.6 Å². The number of carbonyl (C=O) groups is 5. The maximum atomic E-state index is 14.2. The van der Waals surface area contributed by atoms with Crippen LogP contribution in [0.5, 0.6) is 0 Å². The predicted octanol–water partition coefficient (Wildman–Crippen LogP) is 4.11. The maximum Gasteiger partial charge on any atom is 0.408 e. The molecule has 4 amide bonds. The monoisotopic (exact) mass is 624 g/mol. The van der Waals surface area contributed by atoms with Crippen molar-refractivity contribution < 1.29 is 33.4 Å². The summed E-state index contributed by atoms with van der Waals surface area (Å²) in [5.41, 5.74) is 5.95. The van der Waals surface area contributed by atoms with E-state index in [1.165, 1.54) is 4.90 Å². The molecular weight excluding hydrogens is 576 g/mol. The van der Waals surface area contributed by atoms with E-state index in [0.717, 1.165) is 11.1 Å². The number of carbonyl (C=O) groups excluding carboxylic acids is 5. The molecule has 0 aliphatic rings. The summed E-state index contributed by atoms with van der Waals surface area (Å²) >= 11 is 0. The van der Waals surface area contributed by atoms with Crippen LogP contribution in [-0.4, -0.2) is 64.5 Å². The van der Waals surface area contributed by atoms with Crippen LogP contribution in [0.3, 0.4) is 0 Å². The molecule has 0 spiro atoms. The van der Waals surface area contributed by atoms with Crippen molar-refractivity contribution in [1.29, 1.82) is 0 Å². The molecule has 2 aromatic rings. The molecule has 0 aliphatic carbocycles. The third-order valence-corrected chi connectivity index (χ3v) is 6.54. The smallest absolute Gasteiger partial charge is 0.408 e. The van der Waals surface area contributed by atoms with Crippen molar-refractivity contribution in [2.75, 3.05) is 6.54 Å². The number of aryl methyl sites for hydroxylation is 1. The van der Waals surface area contributed by atoms with Crippen LogP contribution < -0.4 is 16.4 Å². The summed E-state index contributed by atoms with van der Waals surface area (Å²) in [6.45, 7) is 13.9. The van der Waals surface area contributed by atoms with Gasteiger partial charge in [0.15, 0.2) is 0 Å². The molecule has 0 aromatic heterocycles. The zero-order chi connectivity index (χ0) is 33.9. The minimum Gasteiger partial charge on any atom is -0.458 e. The number of benzene rings is 2. The Hall–Kier alpha value is -4.41. The third-order valence-electron chi connectivity index (χ3n) is 6.54. The zero-order valence-corrected chi connectivity index (χ0v) is 27.6. The normalized spacial score (nSPS) is 13.5. The Morgan fingerprint density at radius 1 is 0.822 bits per heavy atom. The van der Waals surface area contributed by atoms with Crippen LogP contribution in [0, 0.1) is 6.92 Å². The van der Waals surface area contributed by atoms with E-state index in [1.807, 2.05) is 49.4 Å². The Balaban J connectivity index is 2.53. The van der Waals surface area contributed by atoms with Gasteiger partial charge in [-0.15, -0.1) is 0 Å². The van der Waals surface area contributed by atoms with Crippen LogP contribution >= 0.6 is 0 Å². The van der Waals surface area contributed by atoms with Crippen LogP contribution in [-0.2, 0) is 35.1 Å². The summed E-state index contributed by atoms with van der Waals surface area (Å²) < 4.78 is 11.0. The summed E-state index contributed by atoms with van der Waals surface area (Å²) in [6, 6.07) is 12.8. The number of ether oxygens (including phenoxy) is 2. The molecule has 0 saturated carbocycles. The third kappa shape index (κ3) is 12.6. The lowest BCUT2D eigenvalue weighted by molar-refractivity contribution is -0.159. The lowest BCUT2D eigenvalue weighted by atomic mass is 9.99. The Labute approximate surface area is 266 Å². The van der Waals surface area contributed by atoms with Gasteiger partial charge in [0.05, 0.1) is 0 Å². The average Bonchev–Trinajstić information content (AvgIpc) is 2.92. The highest BCUT2D eigenvalue weighted by Crippen LogP contribution is 2.25. The highest BCUT2D eigenvalue weighted by molar-refractivity contribution is 5.94. The molecule has 11 heteroatoms. The van der Waals surface area contributed by atoms with E-state index in [0.29, 0.717) is 5.56 Å². The first-order valence-electron chi connectivity index (χ1n) is 15.1. The number of alkyl carbamates (subject to hydrolysis) is 1. The van der Waals surface area contributed by atoms with Crippen molar-refractivity contribution in [3.05, 3.63) is 71.3 Å². The van der Waals surface area contributed by atoms with Gasteiger partial charge in [-0.2, -0.15) is 0 Å². The molecule has 246 valence electrons. The topological polar surface area (TPSA) is 157 Å². The van der Waals surface area contributed by atoms with Gasteiger partial charge in [-0.05, 0) is 72.9 Å². The van der Waals surface area contributed by atoms with Crippen molar-refractivity contribution in [1.82, 2.24) is 15.5 Å². The summed E-state index contributed by atoms with van der Waals surface area (Å²) in [5, 5.41) is 5.39. The number of nitrogens with two attached hydrogens (primary N) is 1. The van der Waals surface area contributed by atoms with E-state index >= 15 is 0 Å². The van der Waals surface area contributed by atoms with Gasteiger partial charge >= 0.3 is 12.1 Å². The van der Waals surface area contributed by atoms with Gasteiger partial charge in [-0.1, -0.05) is 60.2 Å². The van der Waals surface area contributed by atoms with Gasteiger partial charge < -0.3 is 30.7 Å². The fourth-order valence-corrected chi connectivity index (χ4v) is 4.55. The lowest BCUT2D eigenvalue weighted by Gasteiger charge is -2.34. The molecule has 2 aromatic carbocycles. The molecule has 0 fully saturated rings. The Morgan fingerprint density at radius 2 is 1.40 bits per heavy atom. The fraction of sp³-hybridized carbons (Fsp3) is 0.500. The number of amides is 4. The van der Waals surface area contributed by atoms with E-state index < -0.39 is 59.1 Å². The molecule has 3 atom stereocenters. The maximum absolute atomic E-state index is 14.2. The average molecular weight is 625 g/mol. The van der Waals surface area contributed by atoms with Crippen LogP contribution in [0.2, 0.25) is 0 Å². The SMILES string of the molecule is CCN(C(=O)C(CCC(N)=O)NC(=O)OC(C)(C)C)C(C(=O)NC(Cc1ccccc1)C(=O)OC(C)(C)C)c1ccc(C)cc1. The molecule has 0 aliphatic heterocycles. The molecule has 0 saturated heterocycles. The second-order valence-corrected chi connectivity index (χ2v) is 12.9. The number of nitrogens with one attached hydrogen (secondary N) is 2. The largest absolute Gasteiger partial charge is 0.458 e. The number of hydrogen-bond acceptors (Lipinski definition) is 7. The summed E-state index contributed by atoms with van der Waals surface area (Å²) in [6.07, 6.45) is -1.00. The van der Waals surface area contributed by atoms with Gasteiger partial charge in [0, 0.05) is 19.4 Å². The first kappa shape index (κ1) is 36.8. The minimum absolute atomic E-state index is 0.0592. The second-order valence-electron chi connectivity index (χ2n) is 12.9. The van der Waals surface area contributed by atoms with E-state index in [1.54, 1.807) is 60.6 Å². The molecule has 0 heterocycles. The number of hydrogen-bond donors (Lipinski definition) is 3. The fourth-order valence-electron chi connectivity index (χ4n) is 4.55. The highest BCUT2D eigenvalue weighted by atomic mass is 16.6. The number of esters is 1. The standard InChI is InChI=1S/C34H48N4O7/c1-9-38(30(41)25(19-20-27(35)39)37-32(43)45-34(6,7)8)28(24-17-15-22(2)16-18-24)29(40)36-26(31(42)44-33(3,4)5)21-23-13-11-10-12-14-23/h10-18,25-26,28H,9,19-21H2,1-8H3,(H2,35,39)(H,36,40)(H,37,43). The van der Waals surface area contributed by atoms with Gasteiger partial charge in [0.25, 0.3) is 0 Å². The number of likely N-dealkylation sites (N-methyl/N-ethyl adjacent to an activating group) is 1. The summed E-state index contributed by atoms with van der Waals surface area (Å²) in [5.74, 6) is -2.52. The molecule has 0 bridgehead atoms. The van der Waals surface area contributed by atoms with Crippen molar-refractivity contribution in [3.8, 4) is 0 Å². The molecule has 45 heavy (non-hydrogen) atoms. The van der Waals surface area contributed by atoms with E-state index in [9.17, 15) is 24.0 Å². The molecule has 4 N–H and O–H groups in total. The van der Waals surface area contributed by atoms with Crippen molar-refractivity contribution in [2.45, 2.75) is 104 Å². The Bertz CT molecular complexity index is 1310. The summed E-state index contributed by atoms with van der Waals surface area (Å²) in [7, 11) is 0. The Kier molecular flexibility index (Phi) is 13.1. The van der Waals surface area contributed by atoms with Gasteiger partial charge in [0.1, 0.15) is 29.3 Å². The van der Waals surface area contributed by atoms with Crippen molar-refractivity contribution >= 4 is 29.8 Å². The molecule has 3 unspecified atom stereocenters. The summed E-state index contributed by atoms with van der Waals surface area (Å²) in [4.78, 5) is 67.3.